The Morgan fingerprint density at radius 2 is 1.74 bits per heavy atom. The van der Waals surface area contributed by atoms with Crippen molar-refractivity contribution in [2.24, 2.45) is 0 Å². The fraction of sp³-hybridized carbons (Fsp3) is 0.152. The highest BCUT2D eigenvalue weighted by Crippen LogP contribution is 2.43. The van der Waals surface area contributed by atoms with Gasteiger partial charge in [0.2, 0.25) is 0 Å². The summed E-state index contributed by atoms with van der Waals surface area (Å²) in [5, 5.41) is 7.04. The van der Waals surface area contributed by atoms with Crippen LogP contribution in [-0.2, 0) is 4.79 Å². The summed E-state index contributed by atoms with van der Waals surface area (Å²) in [5.74, 6) is 0.412. The molecule has 1 aliphatic rings. The normalized spacial score (nSPS) is 16.2. The van der Waals surface area contributed by atoms with E-state index in [1.807, 2.05) is 85.1 Å². The number of carbonyl (C=O) groups is 1. The number of ether oxygens (including phenoxy) is 1. The molecule has 9 heteroatoms. The molecule has 3 aromatic heterocycles. The fourth-order valence-electron chi connectivity index (χ4n) is 5.49. The zero-order chi connectivity index (χ0) is 29.1. The molecule has 1 saturated heterocycles. The number of pyridine rings is 2. The van der Waals surface area contributed by atoms with Crippen molar-refractivity contribution in [2.75, 3.05) is 16.8 Å². The third-order valence-corrected chi connectivity index (χ3v) is 7.65. The van der Waals surface area contributed by atoms with E-state index in [2.05, 4.69) is 56.0 Å². The Kier molecular flexibility index (Phi) is 7.66. The van der Waals surface area contributed by atoms with Gasteiger partial charge in [-0.25, -0.2) is 0 Å². The smallest absolute Gasteiger partial charge is 0.262 e. The van der Waals surface area contributed by atoms with E-state index in [1.165, 1.54) is 0 Å². The van der Waals surface area contributed by atoms with E-state index in [0.717, 1.165) is 34.0 Å². The molecule has 0 unspecified atom stereocenters. The third-order valence-electron chi connectivity index (χ3n) is 7.33. The first-order valence-electron chi connectivity index (χ1n) is 13.7. The number of nitrogens with zero attached hydrogens (tertiary/aromatic N) is 4. The van der Waals surface area contributed by atoms with Crippen molar-refractivity contribution in [3.8, 4) is 11.4 Å². The van der Waals surface area contributed by atoms with Crippen LogP contribution in [-0.4, -0.2) is 32.2 Å². The van der Waals surface area contributed by atoms with E-state index in [-0.39, 0.29) is 24.6 Å². The number of carbonyl (C=O) groups excluding carboxylic acids is 1. The van der Waals surface area contributed by atoms with Crippen LogP contribution in [0.4, 0.5) is 11.4 Å². The molecule has 0 spiro atoms. The van der Waals surface area contributed by atoms with Gasteiger partial charge in [-0.15, -0.1) is 0 Å². The summed E-state index contributed by atoms with van der Waals surface area (Å²) in [6.07, 6.45) is 5.45. The van der Waals surface area contributed by atoms with Gasteiger partial charge in [-0.1, -0.05) is 24.3 Å². The Balaban J connectivity index is 1.30. The van der Waals surface area contributed by atoms with E-state index in [0.29, 0.717) is 16.5 Å². The van der Waals surface area contributed by atoms with Crippen molar-refractivity contribution in [2.45, 2.75) is 25.9 Å². The molecule has 6 rings (SSSR count). The molecule has 0 radical (unpaired) electrons. The molecule has 0 saturated carbocycles. The lowest BCUT2D eigenvalue weighted by Crippen LogP contribution is -2.29. The first-order valence-corrected chi connectivity index (χ1v) is 14.1. The van der Waals surface area contributed by atoms with E-state index in [9.17, 15) is 4.79 Å². The van der Waals surface area contributed by atoms with Crippen LogP contribution in [0, 0.1) is 13.8 Å². The average Bonchev–Trinajstić information content (AvgIpc) is 3.52. The van der Waals surface area contributed by atoms with Gasteiger partial charge < -0.3 is 24.8 Å². The molecule has 1 fully saturated rings. The topological polar surface area (TPSA) is 84.3 Å². The number of rotatable bonds is 8. The van der Waals surface area contributed by atoms with Crippen molar-refractivity contribution in [3.63, 3.8) is 0 Å². The summed E-state index contributed by atoms with van der Waals surface area (Å²) in [6, 6.07) is 28.8. The van der Waals surface area contributed by atoms with Gasteiger partial charge in [0.1, 0.15) is 5.75 Å². The molecule has 42 heavy (non-hydrogen) atoms. The van der Waals surface area contributed by atoms with Crippen LogP contribution in [0.1, 0.15) is 34.7 Å². The number of hydrogen-bond acceptors (Lipinski definition) is 5. The number of aromatic nitrogens is 3. The summed E-state index contributed by atoms with van der Waals surface area (Å²) >= 11 is 5.92. The van der Waals surface area contributed by atoms with Gasteiger partial charge in [0, 0.05) is 35.2 Å². The molecule has 5 aromatic rings. The number of anilines is 2. The molecular formula is C33H30N6O2S. The molecule has 0 bridgehead atoms. The Bertz CT molecular complexity index is 1690. The zero-order valence-electron chi connectivity index (χ0n) is 23.3. The van der Waals surface area contributed by atoms with Crippen molar-refractivity contribution >= 4 is 34.6 Å². The van der Waals surface area contributed by atoms with E-state index < -0.39 is 0 Å². The van der Waals surface area contributed by atoms with E-state index in [4.69, 9.17) is 17.0 Å². The lowest BCUT2D eigenvalue weighted by molar-refractivity contribution is -0.118. The van der Waals surface area contributed by atoms with E-state index in [1.54, 1.807) is 12.4 Å². The lowest BCUT2D eigenvalue weighted by Gasteiger charge is -2.28. The summed E-state index contributed by atoms with van der Waals surface area (Å²) in [5.41, 5.74) is 6.82. The molecule has 1 amide bonds. The minimum atomic E-state index is -0.235. The summed E-state index contributed by atoms with van der Waals surface area (Å²) in [6.45, 7) is 4.15. The van der Waals surface area contributed by atoms with Crippen LogP contribution in [0.2, 0.25) is 0 Å². The maximum atomic E-state index is 12.5. The molecule has 8 nitrogen and oxygen atoms in total. The van der Waals surface area contributed by atoms with Gasteiger partial charge in [-0.3, -0.25) is 14.8 Å². The van der Waals surface area contributed by atoms with Crippen LogP contribution >= 0.6 is 12.2 Å². The number of amides is 1. The molecule has 210 valence electrons. The lowest BCUT2D eigenvalue weighted by atomic mass is 9.96. The highest BCUT2D eigenvalue weighted by molar-refractivity contribution is 7.80. The van der Waals surface area contributed by atoms with Crippen molar-refractivity contribution in [1.29, 1.82) is 0 Å². The second-order valence-electron chi connectivity index (χ2n) is 10.1. The van der Waals surface area contributed by atoms with Crippen LogP contribution in [0.3, 0.4) is 0 Å². The predicted octanol–water partition coefficient (Wildman–Crippen LogP) is 6.08. The second kappa shape index (κ2) is 11.8. The number of aryl methyl sites for hydroxylation is 1. The Hall–Kier alpha value is -5.02. The highest BCUT2D eigenvalue weighted by atomic mass is 32.1. The largest absolute Gasteiger partial charge is 0.484 e. The summed E-state index contributed by atoms with van der Waals surface area (Å²) in [4.78, 5) is 23.7. The van der Waals surface area contributed by atoms with Gasteiger partial charge in [0.05, 0.1) is 29.7 Å². The maximum absolute atomic E-state index is 12.5. The monoisotopic (exact) mass is 574 g/mol. The fourth-order valence-corrected chi connectivity index (χ4v) is 5.83. The quantitative estimate of drug-likeness (QED) is 0.217. The Labute approximate surface area is 250 Å². The zero-order valence-corrected chi connectivity index (χ0v) is 24.1. The van der Waals surface area contributed by atoms with Crippen molar-refractivity contribution in [3.05, 3.63) is 132 Å². The summed E-state index contributed by atoms with van der Waals surface area (Å²) in [7, 11) is 0. The van der Waals surface area contributed by atoms with Crippen molar-refractivity contribution in [1.82, 2.24) is 19.9 Å². The first-order chi connectivity index (χ1) is 20.5. The van der Waals surface area contributed by atoms with Gasteiger partial charge in [0.25, 0.3) is 5.91 Å². The third kappa shape index (κ3) is 5.46. The van der Waals surface area contributed by atoms with E-state index >= 15 is 0 Å². The Morgan fingerprint density at radius 1 is 0.952 bits per heavy atom. The predicted molar refractivity (Wildman–Crippen MR) is 168 cm³/mol. The number of para-hydroxylation sites is 1. The van der Waals surface area contributed by atoms with Crippen LogP contribution < -0.4 is 20.3 Å². The first kappa shape index (κ1) is 27.2. The molecule has 2 N–H and O–H groups in total. The van der Waals surface area contributed by atoms with Crippen molar-refractivity contribution < 1.29 is 9.53 Å². The Morgan fingerprint density at radius 3 is 2.45 bits per heavy atom. The van der Waals surface area contributed by atoms with Crippen LogP contribution in [0.25, 0.3) is 5.69 Å². The van der Waals surface area contributed by atoms with Gasteiger partial charge in [0.15, 0.2) is 11.7 Å². The summed E-state index contributed by atoms with van der Waals surface area (Å²) < 4.78 is 7.79. The molecule has 2 aromatic carbocycles. The average molecular weight is 575 g/mol. The van der Waals surface area contributed by atoms with Gasteiger partial charge in [-0.05, 0) is 98.4 Å². The van der Waals surface area contributed by atoms with Gasteiger partial charge in [-0.2, -0.15) is 0 Å². The number of benzene rings is 2. The molecule has 1 aliphatic heterocycles. The molecule has 4 heterocycles. The number of thiocarbonyl (C=S) groups is 1. The van der Waals surface area contributed by atoms with Crippen LogP contribution in [0.15, 0.2) is 110 Å². The van der Waals surface area contributed by atoms with Crippen LogP contribution in [0.5, 0.6) is 5.75 Å². The maximum Gasteiger partial charge on any atom is 0.262 e. The SMILES string of the molecule is Cc1cc([C@@H]2[C@@H](c3ccccn3)NC(=S)N2c2ccc(NC(=O)COc3ccccc3)cc2)c(C)n1-c1cccnc1. The van der Waals surface area contributed by atoms with Gasteiger partial charge >= 0.3 is 0 Å². The number of nitrogens with one attached hydrogen (secondary N) is 2. The number of hydrogen-bond donors (Lipinski definition) is 2. The standard InChI is InChI=1S/C33H30N6O2S/c1-22-19-28(23(2)38(22)26-9-8-17-34-20-26)32-31(29-12-6-7-18-35-29)37-33(42)39(32)25-15-13-24(14-16-25)36-30(40)21-41-27-10-4-3-5-11-27/h3-20,31-32H,21H2,1-2H3,(H,36,40)(H,37,42)/t31-,32-/m1/s1. The molecule has 2 atom stereocenters. The minimum Gasteiger partial charge on any atom is -0.484 e. The molecule has 0 aliphatic carbocycles. The second-order valence-corrected chi connectivity index (χ2v) is 10.5. The minimum absolute atomic E-state index is 0.0771. The molecular weight excluding hydrogens is 544 g/mol. The highest BCUT2D eigenvalue weighted by Gasteiger charge is 2.42.